The van der Waals surface area contributed by atoms with Crippen molar-refractivity contribution in [3.8, 4) is 0 Å². The minimum absolute atomic E-state index is 0.200. The summed E-state index contributed by atoms with van der Waals surface area (Å²) in [5.74, 6) is -0.353. The van der Waals surface area contributed by atoms with Crippen LogP contribution >= 0.6 is 11.8 Å². The molecular formula is C16H13N3O2S. The van der Waals surface area contributed by atoms with Crippen molar-refractivity contribution in [1.29, 1.82) is 0 Å². The first-order valence-electron chi connectivity index (χ1n) is 6.62. The summed E-state index contributed by atoms with van der Waals surface area (Å²) in [5.41, 5.74) is 0.611. The maximum Gasteiger partial charge on any atom is 0.276 e. The molecular weight excluding hydrogens is 298 g/mol. The molecule has 1 heterocycles. The summed E-state index contributed by atoms with van der Waals surface area (Å²) in [4.78, 5) is 25.2. The van der Waals surface area contributed by atoms with E-state index in [2.05, 4.69) is 15.5 Å². The molecule has 3 aromatic rings. The van der Waals surface area contributed by atoms with E-state index in [9.17, 15) is 9.59 Å². The van der Waals surface area contributed by atoms with E-state index >= 15 is 0 Å². The number of thioether (sulfide) groups is 1. The molecule has 0 aliphatic rings. The fourth-order valence-corrected chi connectivity index (χ4v) is 2.77. The number of benzene rings is 2. The largest absolute Gasteiger partial charge is 0.320 e. The number of H-pyrrole nitrogens is 1. The summed E-state index contributed by atoms with van der Waals surface area (Å²) in [6, 6.07) is 14.4. The summed E-state index contributed by atoms with van der Waals surface area (Å²) in [6.45, 7) is 0. The molecule has 110 valence electrons. The number of carbonyl (C=O) groups excluding carboxylic acids is 1. The van der Waals surface area contributed by atoms with Gasteiger partial charge in [-0.2, -0.15) is 5.10 Å². The van der Waals surface area contributed by atoms with Crippen LogP contribution in [0.15, 0.2) is 58.2 Å². The number of anilines is 1. The molecule has 0 atom stereocenters. The van der Waals surface area contributed by atoms with E-state index in [4.69, 9.17) is 0 Å². The molecule has 6 heteroatoms. The van der Waals surface area contributed by atoms with E-state index in [-0.39, 0.29) is 17.2 Å². The molecule has 0 saturated carbocycles. The fourth-order valence-electron chi connectivity index (χ4n) is 2.22. The van der Waals surface area contributed by atoms with Gasteiger partial charge in [-0.05, 0) is 24.5 Å². The Labute approximate surface area is 130 Å². The van der Waals surface area contributed by atoms with Crippen LogP contribution in [0.25, 0.3) is 10.8 Å². The number of hydrogen-bond acceptors (Lipinski definition) is 4. The molecule has 22 heavy (non-hydrogen) atoms. The lowest BCUT2D eigenvalue weighted by Gasteiger charge is -2.09. The Kier molecular flexibility index (Phi) is 3.93. The topological polar surface area (TPSA) is 74.8 Å². The highest BCUT2D eigenvalue weighted by atomic mass is 32.2. The maximum absolute atomic E-state index is 12.5. The Morgan fingerprint density at radius 1 is 1.09 bits per heavy atom. The third kappa shape index (κ3) is 2.60. The minimum Gasteiger partial charge on any atom is -0.320 e. The van der Waals surface area contributed by atoms with Gasteiger partial charge >= 0.3 is 0 Å². The molecule has 3 rings (SSSR count). The number of aromatic amines is 1. The highest BCUT2D eigenvalue weighted by Crippen LogP contribution is 2.25. The fraction of sp³-hybridized carbons (Fsp3) is 0.0625. The molecule has 0 fully saturated rings. The number of carbonyl (C=O) groups is 1. The van der Waals surface area contributed by atoms with Crippen LogP contribution in [-0.4, -0.2) is 22.4 Å². The third-order valence-electron chi connectivity index (χ3n) is 3.27. The zero-order chi connectivity index (χ0) is 15.5. The lowest BCUT2D eigenvalue weighted by Crippen LogP contribution is -2.19. The molecule has 0 aliphatic carbocycles. The summed E-state index contributed by atoms with van der Waals surface area (Å²) in [5, 5.41) is 10.1. The Morgan fingerprint density at radius 3 is 2.55 bits per heavy atom. The number of para-hydroxylation sites is 1. The van der Waals surface area contributed by atoms with Gasteiger partial charge in [0.2, 0.25) is 0 Å². The number of hydrogen-bond donors (Lipinski definition) is 2. The van der Waals surface area contributed by atoms with Gasteiger partial charge in [0.1, 0.15) is 0 Å². The predicted molar refractivity (Wildman–Crippen MR) is 88.5 cm³/mol. The van der Waals surface area contributed by atoms with Crippen molar-refractivity contribution in [2.24, 2.45) is 0 Å². The average molecular weight is 311 g/mol. The van der Waals surface area contributed by atoms with Gasteiger partial charge in [-0.25, -0.2) is 5.10 Å². The quantitative estimate of drug-likeness (QED) is 0.729. The van der Waals surface area contributed by atoms with E-state index in [0.717, 1.165) is 10.6 Å². The van der Waals surface area contributed by atoms with Gasteiger partial charge < -0.3 is 5.32 Å². The molecule has 1 amide bonds. The van der Waals surface area contributed by atoms with Crippen LogP contribution in [0.3, 0.4) is 0 Å². The number of fused-ring (bicyclic) bond motifs is 1. The summed E-state index contributed by atoms with van der Waals surface area (Å²) >= 11 is 1.55. The molecule has 0 spiro atoms. The summed E-state index contributed by atoms with van der Waals surface area (Å²) in [7, 11) is 0. The van der Waals surface area contributed by atoms with Gasteiger partial charge in [-0.15, -0.1) is 11.8 Å². The monoisotopic (exact) mass is 311 g/mol. The number of nitrogens with one attached hydrogen (secondary N) is 2. The molecule has 2 N–H and O–H groups in total. The van der Waals surface area contributed by atoms with E-state index in [1.807, 2.05) is 30.5 Å². The van der Waals surface area contributed by atoms with Crippen LogP contribution in [0.2, 0.25) is 0 Å². The smallest absolute Gasteiger partial charge is 0.276 e. The molecule has 0 aliphatic heterocycles. The first-order chi connectivity index (χ1) is 10.7. The zero-order valence-electron chi connectivity index (χ0n) is 11.8. The first kappa shape index (κ1) is 14.3. The highest BCUT2D eigenvalue weighted by Gasteiger charge is 2.15. The van der Waals surface area contributed by atoms with E-state index in [0.29, 0.717) is 10.8 Å². The van der Waals surface area contributed by atoms with E-state index in [1.54, 1.807) is 36.0 Å². The normalized spacial score (nSPS) is 10.6. The second kappa shape index (κ2) is 6.03. The van der Waals surface area contributed by atoms with Crippen molar-refractivity contribution >= 4 is 34.1 Å². The van der Waals surface area contributed by atoms with Crippen LogP contribution in [0.5, 0.6) is 0 Å². The second-order valence-electron chi connectivity index (χ2n) is 4.60. The molecule has 1 aromatic heterocycles. The van der Waals surface area contributed by atoms with Gasteiger partial charge in [0.05, 0.1) is 11.1 Å². The number of aromatic nitrogens is 2. The Morgan fingerprint density at radius 2 is 1.77 bits per heavy atom. The molecule has 2 aromatic carbocycles. The summed E-state index contributed by atoms with van der Waals surface area (Å²) < 4.78 is 0. The van der Waals surface area contributed by atoms with Gasteiger partial charge in [-0.3, -0.25) is 9.59 Å². The Balaban J connectivity index is 2.03. The molecule has 0 radical (unpaired) electrons. The van der Waals surface area contributed by atoms with E-state index < -0.39 is 0 Å². The Hall–Kier alpha value is -2.60. The number of rotatable bonds is 3. The predicted octanol–water partition coefficient (Wildman–Crippen LogP) is 2.90. The van der Waals surface area contributed by atoms with Crippen molar-refractivity contribution in [3.63, 3.8) is 0 Å². The third-order valence-corrected chi connectivity index (χ3v) is 4.06. The van der Waals surface area contributed by atoms with Crippen molar-refractivity contribution in [3.05, 3.63) is 64.6 Å². The lowest BCUT2D eigenvalue weighted by atomic mass is 10.1. The molecule has 0 bridgehead atoms. The van der Waals surface area contributed by atoms with Gasteiger partial charge in [0.15, 0.2) is 5.69 Å². The minimum atomic E-state index is -0.353. The van der Waals surface area contributed by atoms with Crippen molar-refractivity contribution < 1.29 is 4.79 Å². The standard InChI is InChI=1S/C16H13N3O2S/c1-22-13-9-5-4-8-12(13)17-16(21)14-10-6-2-3-7-11(10)15(20)19-18-14/h2-9H,1H3,(H,17,21)(H,19,20). The number of nitrogens with zero attached hydrogens (tertiary/aromatic N) is 1. The molecule has 0 saturated heterocycles. The highest BCUT2D eigenvalue weighted by molar-refractivity contribution is 7.98. The van der Waals surface area contributed by atoms with Gasteiger partial charge in [0.25, 0.3) is 11.5 Å². The van der Waals surface area contributed by atoms with Gasteiger partial charge in [0, 0.05) is 10.3 Å². The zero-order valence-corrected chi connectivity index (χ0v) is 12.6. The Bertz CT molecular complexity index is 905. The van der Waals surface area contributed by atoms with Crippen LogP contribution < -0.4 is 10.9 Å². The van der Waals surface area contributed by atoms with Crippen LogP contribution in [0.1, 0.15) is 10.5 Å². The van der Waals surface area contributed by atoms with Crippen molar-refractivity contribution in [1.82, 2.24) is 10.2 Å². The van der Waals surface area contributed by atoms with Crippen molar-refractivity contribution in [2.45, 2.75) is 4.90 Å². The van der Waals surface area contributed by atoms with E-state index in [1.165, 1.54) is 0 Å². The SMILES string of the molecule is CSc1ccccc1NC(=O)c1n[nH]c(=O)c2ccccc12. The molecule has 5 nitrogen and oxygen atoms in total. The average Bonchev–Trinajstić information content (AvgIpc) is 2.56. The lowest BCUT2D eigenvalue weighted by molar-refractivity contribution is 0.102. The van der Waals surface area contributed by atoms with Crippen LogP contribution in [0, 0.1) is 0 Å². The number of amides is 1. The van der Waals surface area contributed by atoms with Crippen LogP contribution in [-0.2, 0) is 0 Å². The summed E-state index contributed by atoms with van der Waals surface area (Å²) in [6.07, 6.45) is 1.94. The molecule has 0 unspecified atom stereocenters. The maximum atomic E-state index is 12.5. The van der Waals surface area contributed by atoms with Crippen LogP contribution in [0.4, 0.5) is 5.69 Å². The van der Waals surface area contributed by atoms with Crippen molar-refractivity contribution in [2.75, 3.05) is 11.6 Å². The first-order valence-corrected chi connectivity index (χ1v) is 7.85. The second-order valence-corrected chi connectivity index (χ2v) is 5.45. The van der Waals surface area contributed by atoms with Gasteiger partial charge in [-0.1, -0.05) is 30.3 Å².